The van der Waals surface area contributed by atoms with Crippen LogP contribution in [0.1, 0.15) is 42.3 Å². The number of furan rings is 1. The minimum Gasteiger partial charge on any atom is -0.467 e. The summed E-state index contributed by atoms with van der Waals surface area (Å²) in [5, 5.41) is 17.4. The Morgan fingerprint density at radius 2 is 2.12 bits per heavy atom. The smallest absolute Gasteiger partial charge is 0.191 e. The van der Waals surface area contributed by atoms with Gasteiger partial charge in [0.25, 0.3) is 0 Å². The molecule has 1 saturated heterocycles. The SMILES string of the molecule is CCc1nncn1CCNC(=NCc1ccco1)NCC(c1cccs1)N1CCCC1.I. The maximum atomic E-state index is 5.45. The number of aliphatic imine (C=N–C) groups is 1. The van der Waals surface area contributed by atoms with E-state index in [0.29, 0.717) is 12.6 Å². The number of likely N-dealkylation sites (tertiary alicyclic amines) is 1. The first-order valence-electron chi connectivity index (χ1n) is 11.0. The summed E-state index contributed by atoms with van der Waals surface area (Å²) in [4.78, 5) is 8.73. The van der Waals surface area contributed by atoms with Crippen molar-refractivity contribution in [1.82, 2.24) is 30.3 Å². The van der Waals surface area contributed by atoms with Crippen LogP contribution >= 0.6 is 35.3 Å². The standard InChI is InChI=1S/C22H31N7OS.HI/c1-2-21-27-26-17-29(21)12-9-23-22(24-15-18-7-5-13-30-18)25-16-19(20-8-6-14-31-20)28-10-3-4-11-28;/h5-8,13-14,17,19H,2-4,9-12,15-16H2,1H3,(H2,23,24,25);1H. The number of aromatic nitrogens is 3. The lowest BCUT2D eigenvalue weighted by molar-refractivity contribution is 0.249. The highest BCUT2D eigenvalue weighted by Crippen LogP contribution is 2.27. The molecule has 4 heterocycles. The topological polar surface area (TPSA) is 83.5 Å². The third kappa shape index (κ3) is 6.79. The van der Waals surface area contributed by atoms with E-state index in [4.69, 9.17) is 9.41 Å². The first-order chi connectivity index (χ1) is 15.3. The van der Waals surface area contributed by atoms with E-state index in [-0.39, 0.29) is 24.0 Å². The molecule has 0 spiro atoms. The van der Waals surface area contributed by atoms with Gasteiger partial charge in [-0.05, 0) is 49.5 Å². The van der Waals surface area contributed by atoms with Crippen LogP contribution in [-0.4, -0.2) is 51.8 Å². The number of hydrogen-bond acceptors (Lipinski definition) is 6. The van der Waals surface area contributed by atoms with Crippen molar-refractivity contribution in [2.24, 2.45) is 4.99 Å². The first-order valence-corrected chi connectivity index (χ1v) is 11.9. The van der Waals surface area contributed by atoms with Crippen molar-refractivity contribution in [3.8, 4) is 0 Å². The Morgan fingerprint density at radius 1 is 1.25 bits per heavy atom. The van der Waals surface area contributed by atoms with Crippen LogP contribution in [0, 0.1) is 0 Å². The predicted octanol–water partition coefficient (Wildman–Crippen LogP) is 3.69. The fourth-order valence-corrected chi connectivity index (χ4v) is 4.77. The van der Waals surface area contributed by atoms with Crippen LogP contribution in [0.2, 0.25) is 0 Å². The van der Waals surface area contributed by atoms with E-state index in [0.717, 1.165) is 56.7 Å². The second-order valence-electron chi connectivity index (χ2n) is 7.62. The van der Waals surface area contributed by atoms with E-state index >= 15 is 0 Å². The van der Waals surface area contributed by atoms with Gasteiger partial charge in [0.1, 0.15) is 24.5 Å². The van der Waals surface area contributed by atoms with Gasteiger partial charge in [0, 0.05) is 30.9 Å². The number of aryl methyl sites for hydroxylation is 1. The molecular formula is C22H32IN7OS. The van der Waals surface area contributed by atoms with Crippen LogP contribution < -0.4 is 10.6 Å². The Bertz CT molecular complexity index is 920. The van der Waals surface area contributed by atoms with Gasteiger partial charge >= 0.3 is 0 Å². The summed E-state index contributed by atoms with van der Waals surface area (Å²) in [6.07, 6.45) is 6.89. The van der Waals surface area contributed by atoms with Gasteiger partial charge in [-0.3, -0.25) is 4.90 Å². The van der Waals surface area contributed by atoms with Gasteiger partial charge in [-0.15, -0.1) is 45.5 Å². The maximum Gasteiger partial charge on any atom is 0.191 e. The fourth-order valence-electron chi connectivity index (χ4n) is 3.91. The molecule has 1 aliphatic heterocycles. The normalized spacial score (nSPS) is 15.5. The van der Waals surface area contributed by atoms with Crippen LogP contribution in [-0.2, 0) is 19.5 Å². The van der Waals surface area contributed by atoms with Crippen molar-refractivity contribution in [2.45, 2.75) is 45.3 Å². The number of rotatable bonds is 10. The molecule has 0 aromatic carbocycles. The molecule has 0 bridgehead atoms. The third-order valence-electron chi connectivity index (χ3n) is 5.55. The predicted molar refractivity (Wildman–Crippen MR) is 139 cm³/mol. The largest absolute Gasteiger partial charge is 0.467 e. The number of halogens is 1. The van der Waals surface area contributed by atoms with Gasteiger partial charge in [0.2, 0.25) is 0 Å². The van der Waals surface area contributed by atoms with E-state index in [9.17, 15) is 0 Å². The monoisotopic (exact) mass is 569 g/mol. The average molecular weight is 570 g/mol. The Hall–Kier alpha value is -1.92. The van der Waals surface area contributed by atoms with Gasteiger partial charge in [-0.25, -0.2) is 4.99 Å². The maximum absolute atomic E-state index is 5.45. The molecule has 2 N–H and O–H groups in total. The Balaban J connectivity index is 0.00000289. The number of nitrogens with one attached hydrogen (secondary N) is 2. The lowest BCUT2D eigenvalue weighted by Gasteiger charge is -2.27. The van der Waals surface area contributed by atoms with Crippen molar-refractivity contribution < 1.29 is 4.42 Å². The Morgan fingerprint density at radius 3 is 2.84 bits per heavy atom. The molecule has 1 atom stereocenters. The van der Waals surface area contributed by atoms with Crippen LogP contribution in [0.4, 0.5) is 0 Å². The zero-order valence-electron chi connectivity index (χ0n) is 18.4. The average Bonchev–Trinajstić information content (AvgIpc) is 3.59. The Kier molecular flexibility index (Phi) is 10.0. The molecule has 0 aliphatic carbocycles. The number of thiophene rings is 1. The van der Waals surface area contributed by atoms with Crippen LogP contribution in [0.5, 0.6) is 0 Å². The molecule has 1 aliphatic rings. The van der Waals surface area contributed by atoms with Gasteiger partial charge in [0.15, 0.2) is 5.96 Å². The molecule has 32 heavy (non-hydrogen) atoms. The number of hydrogen-bond donors (Lipinski definition) is 2. The van der Waals surface area contributed by atoms with Crippen molar-refractivity contribution in [1.29, 1.82) is 0 Å². The minimum absolute atomic E-state index is 0. The molecule has 0 saturated carbocycles. The summed E-state index contributed by atoms with van der Waals surface area (Å²) in [6.45, 7) is 7.25. The van der Waals surface area contributed by atoms with Crippen molar-refractivity contribution in [2.75, 3.05) is 26.2 Å². The second-order valence-corrected chi connectivity index (χ2v) is 8.60. The molecule has 3 aromatic rings. The summed E-state index contributed by atoms with van der Waals surface area (Å²) >= 11 is 1.83. The zero-order valence-corrected chi connectivity index (χ0v) is 21.6. The first kappa shape index (κ1) is 24.7. The highest BCUT2D eigenvalue weighted by atomic mass is 127. The molecule has 8 nitrogen and oxygen atoms in total. The van der Waals surface area contributed by atoms with E-state index < -0.39 is 0 Å². The summed E-state index contributed by atoms with van der Waals surface area (Å²) in [5.41, 5.74) is 0. The molecule has 0 radical (unpaired) electrons. The van der Waals surface area contributed by atoms with Crippen molar-refractivity contribution in [3.63, 3.8) is 0 Å². The molecule has 10 heteroatoms. The van der Waals surface area contributed by atoms with Crippen LogP contribution in [0.25, 0.3) is 0 Å². The number of nitrogens with zero attached hydrogens (tertiary/aromatic N) is 5. The second kappa shape index (κ2) is 12.9. The lowest BCUT2D eigenvalue weighted by Crippen LogP contribution is -2.43. The summed E-state index contributed by atoms with van der Waals surface area (Å²) < 4.78 is 7.53. The highest BCUT2D eigenvalue weighted by molar-refractivity contribution is 14.0. The highest BCUT2D eigenvalue weighted by Gasteiger charge is 2.24. The fraction of sp³-hybridized carbons (Fsp3) is 0.500. The zero-order chi connectivity index (χ0) is 21.3. The molecule has 1 fully saturated rings. The quantitative estimate of drug-likeness (QED) is 0.220. The third-order valence-corrected chi connectivity index (χ3v) is 6.52. The minimum atomic E-state index is 0. The van der Waals surface area contributed by atoms with Gasteiger partial charge < -0.3 is 19.6 Å². The molecule has 3 aromatic heterocycles. The molecular weight excluding hydrogens is 537 g/mol. The van der Waals surface area contributed by atoms with E-state index in [1.54, 1.807) is 12.6 Å². The Labute approximate surface area is 210 Å². The van der Waals surface area contributed by atoms with Gasteiger partial charge in [-0.1, -0.05) is 13.0 Å². The van der Waals surface area contributed by atoms with E-state index in [1.807, 2.05) is 23.5 Å². The summed E-state index contributed by atoms with van der Waals surface area (Å²) in [5.74, 6) is 2.64. The summed E-state index contributed by atoms with van der Waals surface area (Å²) in [7, 11) is 0. The lowest BCUT2D eigenvalue weighted by atomic mass is 10.2. The number of guanidine groups is 1. The van der Waals surface area contributed by atoms with Crippen LogP contribution in [0.15, 0.2) is 51.6 Å². The van der Waals surface area contributed by atoms with Gasteiger partial charge in [-0.2, -0.15) is 0 Å². The molecule has 1 unspecified atom stereocenters. The molecule has 174 valence electrons. The van der Waals surface area contributed by atoms with E-state index in [1.165, 1.54) is 17.7 Å². The van der Waals surface area contributed by atoms with Crippen LogP contribution in [0.3, 0.4) is 0 Å². The van der Waals surface area contributed by atoms with Crippen molar-refractivity contribution in [3.05, 3.63) is 58.7 Å². The molecule has 0 amide bonds. The van der Waals surface area contributed by atoms with E-state index in [2.05, 4.69) is 54.7 Å². The van der Waals surface area contributed by atoms with Gasteiger partial charge in [0.05, 0.1) is 12.3 Å². The van der Waals surface area contributed by atoms with Crippen molar-refractivity contribution >= 4 is 41.3 Å². The summed E-state index contributed by atoms with van der Waals surface area (Å²) in [6, 6.07) is 8.58. The molecule has 4 rings (SSSR count).